The van der Waals surface area contributed by atoms with Gasteiger partial charge >= 0.3 is 5.97 Å². The minimum Gasteiger partial charge on any atom is -0.477 e. The summed E-state index contributed by atoms with van der Waals surface area (Å²) in [5.74, 6) is -5.08. The van der Waals surface area contributed by atoms with Crippen molar-refractivity contribution in [3.8, 4) is 0 Å². The molecule has 0 bridgehead atoms. The smallest absolute Gasteiger partial charge is 0.364 e. The van der Waals surface area contributed by atoms with E-state index in [-0.39, 0.29) is 6.42 Å². The molecule has 1 aliphatic rings. The van der Waals surface area contributed by atoms with Gasteiger partial charge in [0, 0.05) is 18.8 Å². The molecule has 0 radical (unpaired) electrons. The average Bonchev–Trinajstić information content (AvgIpc) is 2.26. The Morgan fingerprint density at radius 3 is 2.47 bits per heavy atom. The van der Waals surface area contributed by atoms with Gasteiger partial charge in [-0.05, 0) is 6.92 Å². The van der Waals surface area contributed by atoms with Crippen LogP contribution in [0.4, 0.5) is 0 Å². The van der Waals surface area contributed by atoms with Crippen LogP contribution < -0.4 is 0 Å². The Bertz CT molecular complexity index is 320. The van der Waals surface area contributed by atoms with Crippen molar-refractivity contribution >= 4 is 5.97 Å². The van der Waals surface area contributed by atoms with E-state index in [0.29, 0.717) is 0 Å². The highest BCUT2D eigenvalue weighted by Gasteiger charge is 2.52. The number of carboxylic acid groups (broad SMARTS) is 1. The van der Waals surface area contributed by atoms with E-state index in [2.05, 4.69) is 0 Å². The molecule has 6 N–H and O–H groups in total. The third-order valence-corrected chi connectivity index (χ3v) is 3.31. The Balaban J connectivity index is 2.93. The van der Waals surface area contributed by atoms with E-state index in [1.807, 2.05) is 0 Å². The third kappa shape index (κ3) is 3.62. The minimum atomic E-state index is -2.56. The molecule has 1 rings (SSSR count). The van der Waals surface area contributed by atoms with Crippen LogP contribution in [0.3, 0.4) is 0 Å². The molecule has 0 saturated carbocycles. The molecule has 1 heterocycles. The monoisotopic (exact) mass is 280 g/mol. The van der Waals surface area contributed by atoms with Gasteiger partial charge in [-0.1, -0.05) is 0 Å². The fourth-order valence-corrected chi connectivity index (χ4v) is 2.36. The summed E-state index contributed by atoms with van der Waals surface area (Å²) in [6, 6.07) is 0. The topological polar surface area (TPSA) is 148 Å². The maximum Gasteiger partial charge on any atom is 0.364 e. The zero-order chi connectivity index (χ0) is 14.8. The summed E-state index contributed by atoms with van der Waals surface area (Å²) < 4.78 is 5.02. The van der Waals surface area contributed by atoms with Gasteiger partial charge in [0.2, 0.25) is 0 Å². The lowest BCUT2D eigenvalue weighted by molar-refractivity contribution is -0.295. The molecule has 0 aromatic rings. The maximum atomic E-state index is 10.9. The molecule has 19 heavy (non-hydrogen) atoms. The lowest BCUT2D eigenvalue weighted by Gasteiger charge is -2.44. The molecular formula is C11H20O8. The van der Waals surface area contributed by atoms with Crippen LogP contribution in [0.5, 0.6) is 0 Å². The van der Waals surface area contributed by atoms with Gasteiger partial charge in [-0.3, -0.25) is 0 Å². The number of aliphatic hydroxyl groups is 5. The third-order valence-electron chi connectivity index (χ3n) is 3.31. The fourth-order valence-electron chi connectivity index (χ4n) is 2.36. The van der Waals surface area contributed by atoms with Crippen LogP contribution in [0.1, 0.15) is 19.8 Å². The number of rotatable bonds is 5. The molecule has 8 nitrogen and oxygen atoms in total. The van der Waals surface area contributed by atoms with Crippen molar-refractivity contribution in [2.75, 3.05) is 6.61 Å². The number of hydrogen-bond donors (Lipinski definition) is 6. The molecule has 4 unspecified atom stereocenters. The number of ether oxygens (including phenoxy) is 1. The van der Waals surface area contributed by atoms with Crippen LogP contribution in [0.25, 0.3) is 0 Å². The van der Waals surface area contributed by atoms with Crippen LogP contribution in [0, 0.1) is 5.92 Å². The summed E-state index contributed by atoms with van der Waals surface area (Å²) in [5.41, 5.74) is 0. The second kappa shape index (κ2) is 6.12. The largest absolute Gasteiger partial charge is 0.477 e. The number of carboxylic acids is 1. The normalized spacial score (nSPS) is 38.7. The van der Waals surface area contributed by atoms with Crippen molar-refractivity contribution < 1.29 is 40.2 Å². The Labute approximate surface area is 109 Å². The first-order chi connectivity index (χ1) is 8.71. The van der Waals surface area contributed by atoms with E-state index in [0.717, 1.165) is 0 Å². The van der Waals surface area contributed by atoms with Crippen molar-refractivity contribution in [1.82, 2.24) is 0 Å². The highest BCUT2D eigenvalue weighted by molar-refractivity contribution is 5.75. The van der Waals surface area contributed by atoms with Gasteiger partial charge < -0.3 is 35.4 Å². The predicted octanol–water partition coefficient (Wildman–Crippen LogP) is -2.35. The molecule has 8 heteroatoms. The molecule has 0 aromatic heterocycles. The highest BCUT2D eigenvalue weighted by Crippen LogP contribution is 2.35. The molecule has 112 valence electrons. The zero-order valence-electron chi connectivity index (χ0n) is 10.5. The van der Waals surface area contributed by atoms with Gasteiger partial charge in [-0.2, -0.15) is 0 Å². The molecule has 6 atom stereocenters. The van der Waals surface area contributed by atoms with Crippen molar-refractivity contribution in [1.29, 1.82) is 0 Å². The quantitative estimate of drug-likeness (QED) is 0.328. The number of carbonyl (C=O) groups is 1. The van der Waals surface area contributed by atoms with E-state index >= 15 is 0 Å². The van der Waals surface area contributed by atoms with Crippen molar-refractivity contribution in [3.63, 3.8) is 0 Å². The molecular weight excluding hydrogens is 260 g/mol. The Kier molecular flexibility index (Phi) is 5.25. The van der Waals surface area contributed by atoms with Crippen LogP contribution in [0.2, 0.25) is 0 Å². The number of aliphatic carboxylic acids is 1. The van der Waals surface area contributed by atoms with E-state index < -0.39 is 55.1 Å². The first-order valence-electron chi connectivity index (χ1n) is 6.00. The van der Waals surface area contributed by atoms with Gasteiger partial charge in [-0.15, -0.1) is 0 Å². The van der Waals surface area contributed by atoms with Gasteiger partial charge in [-0.25, -0.2) is 4.79 Å². The zero-order valence-corrected chi connectivity index (χ0v) is 10.5. The van der Waals surface area contributed by atoms with Crippen LogP contribution in [-0.4, -0.2) is 73.4 Å². The standard InChI is InChI=1S/C11H20O8/c1-5(13)9-7(15)3-11(18,10(16)17)19-8(9)2-6(14)4-12/h5-9,12-15,18H,2-4H2,1H3,(H,16,17)/t5-,6+,7?,8?,9?,11?/m1/s1. The SMILES string of the molecule is C[C@@H](O)C1C(O)CC(O)(C(=O)O)OC1C[C@H](O)CO. The summed E-state index contributed by atoms with van der Waals surface area (Å²) >= 11 is 0. The second-order valence-electron chi connectivity index (χ2n) is 4.91. The van der Waals surface area contributed by atoms with Gasteiger partial charge in [0.25, 0.3) is 5.79 Å². The van der Waals surface area contributed by atoms with Gasteiger partial charge in [0.05, 0.1) is 31.0 Å². The Hall–Kier alpha value is -0.770. The molecule has 1 saturated heterocycles. The predicted molar refractivity (Wildman–Crippen MR) is 61.0 cm³/mol. The second-order valence-corrected chi connectivity index (χ2v) is 4.91. The van der Waals surface area contributed by atoms with Gasteiger partial charge in [0.1, 0.15) is 0 Å². The summed E-state index contributed by atoms with van der Waals surface area (Å²) in [6.45, 7) is 0.814. The Morgan fingerprint density at radius 1 is 1.47 bits per heavy atom. The van der Waals surface area contributed by atoms with Crippen molar-refractivity contribution in [2.24, 2.45) is 5.92 Å². The molecule has 0 amide bonds. The lowest BCUT2D eigenvalue weighted by atomic mass is 9.81. The van der Waals surface area contributed by atoms with E-state index in [1.165, 1.54) is 6.92 Å². The fraction of sp³-hybridized carbons (Fsp3) is 0.909. The summed E-state index contributed by atoms with van der Waals surface area (Å²) in [6.07, 6.45) is -5.40. The summed E-state index contributed by atoms with van der Waals surface area (Å²) in [5, 5.41) is 56.3. The average molecular weight is 280 g/mol. The first kappa shape index (κ1) is 16.3. The lowest BCUT2D eigenvalue weighted by Crippen LogP contribution is -2.58. The summed E-state index contributed by atoms with van der Waals surface area (Å²) in [7, 11) is 0. The van der Waals surface area contributed by atoms with Crippen molar-refractivity contribution in [3.05, 3.63) is 0 Å². The number of hydrogen-bond acceptors (Lipinski definition) is 7. The summed E-state index contributed by atoms with van der Waals surface area (Å²) in [4.78, 5) is 10.9. The molecule has 1 aliphatic heterocycles. The molecule has 0 aromatic carbocycles. The molecule has 0 spiro atoms. The minimum absolute atomic E-state index is 0.210. The molecule has 0 aliphatic carbocycles. The van der Waals surface area contributed by atoms with Gasteiger partial charge in [0.15, 0.2) is 0 Å². The highest BCUT2D eigenvalue weighted by atomic mass is 16.7. The van der Waals surface area contributed by atoms with Crippen molar-refractivity contribution in [2.45, 2.75) is 50.0 Å². The van der Waals surface area contributed by atoms with Crippen LogP contribution in [0.15, 0.2) is 0 Å². The van der Waals surface area contributed by atoms with E-state index in [1.54, 1.807) is 0 Å². The first-order valence-corrected chi connectivity index (χ1v) is 6.00. The Morgan fingerprint density at radius 2 is 2.05 bits per heavy atom. The molecule has 1 fully saturated rings. The van der Waals surface area contributed by atoms with Crippen LogP contribution in [-0.2, 0) is 9.53 Å². The van der Waals surface area contributed by atoms with E-state index in [4.69, 9.17) is 14.9 Å². The van der Waals surface area contributed by atoms with E-state index in [9.17, 15) is 25.2 Å². The number of aliphatic hydroxyl groups excluding tert-OH is 4. The maximum absolute atomic E-state index is 10.9. The van der Waals surface area contributed by atoms with Crippen LogP contribution >= 0.6 is 0 Å².